The molecule has 5 aromatic heterocycles. The molecule has 7 aromatic rings. The van der Waals surface area contributed by atoms with Crippen molar-refractivity contribution in [1.82, 2.24) is 54.2 Å². The second-order valence-electron chi connectivity index (χ2n) is 17.5. The number of aryl methyl sites for hydroxylation is 4. The predicted molar refractivity (Wildman–Crippen MR) is 272 cm³/mol. The molecule has 0 radical (unpaired) electrons. The van der Waals surface area contributed by atoms with Crippen molar-refractivity contribution in [3.63, 3.8) is 0 Å². The lowest BCUT2D eigenvalue weighted by atomic mass is 9.90. The van der Waals surface area contributed by atoms with Gasteiger partial charge in [-0.3, -0.25) is 24.0 Å². The molecule has 0 unspecified atom stereocenters. The molecule has 2 aromatic carbocycles. The van der Waals surface area contributed by atoms with E-state index >= 15 is 0 Å². The molecular formula is C50H53F4N17O7. The van der Waals surface area contributed by atoms with Crippen molar-refractivity contribution in [2.75, 3.05) is 31.1 Å². The van der Waals surface area contributed by atoms with Gasteiger partial charge in [-0.25, -0.2) is 36.3 Å². The number of anilines is 1. The van der Waals surface area contributed by atoms with E-state index in [0.29, 0.717) is 66.4 Å². The normalized spacial score (nSPS) is 13.4. The van der Waals surface area contributed by atoms with Gasteiger partial charge in [0.1, 0.15) is 46.4 Å². The number of rotatable bonds is 8. The van der Waals surface area contributed by atoms with E-state index in [9.17, 15) is 41.5 Å². The lowest BCUT2D eigenvalue weighted by molar-refractivity contribution is 0.0993. The number of oxime groups is 1. The number of benzene rings is 2. The largest absolute Gasteiger partial charge is 0.409 e. The van der Waals surface area contributed by atoms with Gasteiger partial charge in [-0.2, -0.15) is 35.9 Å². The lowest BCUT2D eigenvalue weighted by Gasteiger charge is -2.30. The first kappa shape index (κ1) is 59.0. The topological polar surface area (TPSA) is 334 Å². The fraction of sp³-hybridized carbons (Fsp3) is 0.320. The molecule has 2 saturated heterocycles. The molecule has 0 aliphatic carbocycles. The van der Waals surface area contributed by atoms with Crippen LogP contribution in [-0.4, -0.2) is 97.3 Å². The molecule has 28 heteroatoms. The number of amidine groups is 1. The number of hydrogen-bond acceptors (Lipinski definition) is 18. The molecule has 0 spiro atoms. The van der Waals surface area contributed by atoms with Crippen LogP contribution in [-0.2, 0) is 41.0 Å². The van der Waals surface area contributed by atoms with Crippen molar-refractivity contribution in [3.8, 4) is 23.8 Å². The van der Waals surface area contributed by atoms with Crippen LogP contribution >= 0.6 is 0 Å². The predicted octanol–water partition coefficient (Wildman–Crippen LogP) is 2.67. The zero-order valence-corrected chi connectivity index (χ0v) is 42.6. The van der Waals surface area contributed by atoms with Crippen molar-refractivity contribution < 1.29 is 32.1 Å². The third-order valence-electron chi connectivity index (χ3n) is 11.8. The second kappa shape index (κ2) is 28.2. The van der Waals surface area contributed by atoms with Crippen molar-refractivity contribution in [2.45, 2.75) is 38.5 Å². The number of halogens is 4. The van der Waals surface area contributed by atoms with Crippen LogP contribution in [0.2, 0.25) is 0 Å². The zero-order chi connectivity index (χ0) is 57.1. The molecular weight excluding hydrogens is 1030 g/mol. The number of nitrogens with zero attached hydrogens (tertiary/aromatic N) is 15. The Kier molecular flexibility index (Phi) is 21.3. The zero-order valence-electron chi connectivity index (χ0n) is 42.6. The molecule has 5 N–H and O–H groups in total. The molecule has 24 nitrogen and oxygen atoms in total. The Balaban J connectivity index is 0.000000192. The molecule has 9 rings (SSSR count). The molecule has 408 valence electrons. The van der Waals surface area contributed by atoms with Crippen LogP contribution in [0.4, 0.5) is 23.6 Å². The van der Waals surface area contributed by atoms with E-state index in [2.05, 4.69) is 41.9 Å². The van der Waals surface area contributed by atoms with Gasteiger partial charge < -0.3 is 31.0 Å². The molecule has 1 amide bonds. The van der Waals surface area contributed by atoms with Crippen molar-refractivity contribution >= 4 is 17.8 Å². The molecule has 2 aliphatic rings. The fourth-order valence-electron chi connectivity index (χ4n) is 7.65. The van der Waals surface area contributed by atoms with Gasteiger partial charge in [-0.15, -0.1) is 0 Å². The minimum absolute atomic E-state index is 0.0899. The summed E-state index contributed by atoms with van der Waals surface area (Å²) < 4.78 is 62.6. The number of carbonyl (C=O) groups excluding carboxylic acids is 1. The van der Waals surface area contributed by atoms with Gasteiger partial charge in [-0.05, 0) is 110 Å². The highest BCUT2D eigenvalue weighted by molar-refractivity contribution is 5.94. The van der Waals surface area contributed by atoms with Crippen LogP contribution in [0.15, 0.2) is 114 Å². The maximum Gasteiger partial charge on any atom is 0.324 e. The monoisotopic (exact) mass is 1080 g/mol. The number of carbonyl (C=O) groups is 1. The van der Waals surface area contributed by atoms with Crippen LogP contribution < -0.4 is 38.6 Å². The summed E-state index contributed by atoms with van der Waals surface area (Å²) in [4.78, 5) is 62.3. The Morgan fingerprint density at radius 2 is 1.08 bits per heavy atom. The summed E-state index contributed by atoms with van der Waals surface area (Å²) in [5.74, 6) is -1.81. The number of primary amides is 1. The van der Waals surface area contributed by atoms with Gasteiger partial charge in [0, 0.05) is 90.8 Å². The van der Waals surface area contributed by atoms with Crippen LogP contribution in [0, 0.1) is 57.9 Å². The van der Waals surface area contributed by atoms with Crippen LogP contribution in [0.5, 0.6) is 0 Å². The number of aromatic nitrogens is 10. The van der Waals surface area contributed by atoms with Gasteiger partial charge in [0.25, 0.3) is 28.1 Å². The highest BCUT2D eigenvalue weighted by atomic mass is 19.1. The number of likely N-dealkylation sites (tertiary alicyclic amines) is 1. The minimum Gasteiger partial charge on any atom is -0.409 e. The van der Waals surface area contributed by atoms with E-state index < -0.39 is 29.2 Å². The first-order valence-electron chi connectivity index (χ1n) is 23.6. The maximum absolute atomic E-state index is 13.4. The Morgan fingerprint density at radius 1 is 0.641 bits per heavy atom. The minimum atomic E-state index is -0.638. The summed E-state index contributed by atoms with van der Waals surface area (Å²) in [5, 5.41) is 47.1. The number of nitrogens with two attached hydrogens (primary N) is 2. The molecule has 78 heavy (non-hydrogen) atoms. The fourth-order valence-corrected chi connectivity index (χ4v) is 7.65. The smallest absolute Gasteiger partial charge is 0.324 e. The highest BCUT2D eigenvalue weighted by Crippen LogP contribution is 2.27. The van der Waals surface area contributed by atoms with Gasteiger partial charge in [-0.1, -0.05) is 10.3 Å². The van der Waals surface area contributed by atoms with Crippen molar-refractivity contribution in [3.05, 3.63) is 178 Å². The molecule has 2 aliphatic heterocycles. The van der Waals surface area contributed by atoms with Gasteiger partial charge in [0.2, 0.25) is 5.82 Å². The first-order chi connectivity index (χ1) is 37.1. The van der Waals surface area contributed by atoms with E-state index in [1.54, 1.807) is 18.0 Å². The average Bonchev–Trinajstić information content (AvgIpc) is 3.91. The van der Waals surface area contributed by atoms with E-state index in [-0.39, 0.29) is 45.2 Å². The SMILES string of the molecule is Cn1nc(-c2noc(N3CCC(Cc4cc(F)cc(F)c4)CC3)n2)ccc1=O.Cn1nc(C#N)ccc1=O.Cn1nc(C(N)=NO)ccc1=O.Cn1nc(C(N)=O)ccc1=O.N#CN1CCC(Cc2cc(F)cc(F)c2)CC1. The Morgan fingerprint density at radius 3 is 1.51 bits per heavy atom. The molecule has 7 heterocycles. The standard InChI is InChI=1S/C19H19F2N5O2.C13H14F2N2.C6H8N4O2.C6H7N3O2.C6H5N3O/c1-25-17(27)3-2-16(23-25)18-22-19(28-24-18)26-6-4-12(5-7-26)8-13-9-14(20)11-15(21)10-13;14-12-6-11(7-13(15)8-12)5-10-1-3-17(9-16)4-2-10;1-10-5(11)3-2-4(8-10)6(7)9-12;1-9-5(10)3-2-4(8-9)6(7)11;1-9-6(10)3-2-5(4-7)8-9/h2-3,9-12H,4-8H2,1H3;6-8,10H,1-5H2;2-3,12H,1H3,(H2,7,9);2-3H,1H3,(H2,7,11);2-3H,1H3. The third kappa shape index (κ3) is 17.9. The maximum atomic E-state index is 13.4. The number of piperidine rings is 2. The number of amides is 1. The third-order valence-corrected chi connectivity index (χ3v) is 11.8. The quantitative estimate of drug-likeness (QED) is 0.0492. The van der Waals surface area contributed by atoms with Gasteiger partial charge >= 0.3 is 6.01 Å². The Bertz CT molecular complexity index is 3510. The van der Waals surface area contributed by atoms with E-state index in [1.165, 1.54) is 92.6 Å². The van der Waals surface area contributed by atoms with Crippen molar-refractivity contribution in [1.29, 1.82) is 10.5 Å². The summed E-state index contributed by atoms with van der Waals surface area (Å²) in [6.07, 6.45) is 6.97. The van der Waals surface area contributed by atoms with Crippen molar-refractivity contribution in [2.24, 2.45) is 56.6 Å². The lowest BCUT2D eigenvalue weighted by Crippen LogP contribution is -2.34. The summed E-state index contributed by atoms with van der Waals surface area (Å²) in [6.45, 7) is 2.92. The average molecular weight is 1080 g/mol. The number of hydrogen-bond donors (Lipinski definition) is 3. The van der Waals surface area contributed by atoms with Gasteiger partial charge in [0.15, 0.2) is 17.7 Å². The molecule has 0 atom stereocenters. The summed E-state index contributed by atoms with van der Waals surface area (Å²) in [7, 11) is 6.00. The first-order valence-corrected chi connectivity index (χ1v) is 23.6. The van der Waals surface area contributed by atoms with Gasteiger partial charge in [0.05, 0.1) is 0 Å². The second-order valence-corrected chi connectivity index (χ2v) is 17.5. The van der Waals surface area contributed by atoms with Crippen LogP contribution in [0.1, 0.15) is 58.7 Å². The van der Waals surface area contributed by atoms with Crippen LogP contribution in [0.3, 0.4) is 0 Å². The Hall–Kier alpha value is -9.86. The molecule has 0 bridgehead atoms. The van der Waals surface area contributed by atoms with E-state index in [0.717, 1.165) is 65.0 Å². The summed E-state index contributed by atoms with van der Waals surface area (Å²) >= 11 is 0. The summed E-state index contributed by atoms with van der Waals surface area (Å²) in [5.41, 5.74) is 11.7. The Labute approximate surface area is 441 Å². The summed E-state index contributed by atoms with van der Waals surface area (Å²) in [6, 6.07) is 20.4. The van der Waals surface area contributed by atoms with E-state index in [4.69, 9.17) is 31.7 Å². The molecule has 0 saturated carbocycles. The molecule has 2 fully saturated rings. The van der Waals surface area contributed by atoms with Crippen LogP contribution in [0.25, 0.3) is 11.5 Å². The highest BCUT2D eigenvalue weighted by Gasteiger charge is 2.25. The number of nitriles is 2. The van der Waals surface area contributed by atoms with E-state index in [1.807, 2.05) is 11.0 Å².